The van der Waals surface area contributed by atoms with E-state index in [4.69, 9.17) is 9.47 Å². The van der Waals surface area contributed by atoms with Crippen LogP contribution < -0.4 is 10.6 Å². The fraction of sp³-hybridized carbons (Fsp3) is 0.762. The molecular weight excluding hydrogens is 390 g/mol. The largest absolute Gasteiger partial charge is 0.444 e. The lowest BCUT2D eigenvalue weighted by atomic mass is 10.1. The predicted molar refractivity (Wildman–Crippen MR) is 109 cm³/mol. The summed E-state index contributed by atoms with van der Waals surface area (Å²) < 4.78 is 10.9. The van der Waals surface area contributed by atoms with Crippen LogP contribution in [0.1, 0.15) is 46.5 Å². The van der Waals surface area contributed by atoms with E-state index in [9.17, 15) is 19.5 Å². The third-order valence-electron chi connectivity index (χ3n) is 5.38. The second-order valence-electron chi connectivity index (χ2n) is 9.23. The molecule has 5 atom stereocenters. The van der Waals surface area contributed by atoms with E-state index in [-0.39, 0.29) is 37.9 Å². The van der Waals surface area contributed by atoms with Crippen LogP contribution in [0.25, 0.3) is 0 Å². The summed E-state index contributed by atoms with van der Waals surface area (Å²) in [7, 11) is 0. The summed E-state index contributed by atoms with van der Waals surface area (Å²) in [4.78, 5) is 39.7. The van der Waals surface area contributed by atoms with Gasteiger partial charge in [0.2, 0.25) is 11.8 Å². The number of carbonyl (C=O) groups is 3. The van der Waals surface area contributed by atoms with Gasteiger partial charge in [0.05, 0.1) is 12.7 Å². The number of fused-ring (bicyclic) bond motifs is 2. The van der Waals surface area contributed by atoms with Gasteiger partial charge in [-0.1, -0.05) is 12.2 Å². The van der Waals surface area contributed by atoms with Crippen LogP contribution in [0, 0.1) is 5.92 Å². The highest BCUT2D eigenvalue weighted by molar-refractivity contribution is 5.92. The Kier molecular flexibility index (Phi) is 7.02. The lowest BCUT2D eigenvalue weighted by Crippen LogP contribution is -2.54. The number of hydrogen-bond acceptors (Lipinski definition) is 6. The topological polar surface area (TPSA) is 117 Å². The molecule has 1 saturated carbocycles. The first-order valence-electron chi connectivity index (χ1n) is 10.7. The highest BCUT2D eigenvalue weighted by Crippen LogP contribution is 2.32. The standard InChI is InChI=1S/C21H33N3O6/c1-21(2,3)30-20(28)23-15-7-9-29-8-5-4-6-13-10-16(13)22-18(26)17-11-14(25)12-24(17)19(15)27/h4,6,13-17,25H,5,7-12H2,1-3H3,(H,22,26)(H,23,28)/b6-4-/t13-,14-,15+,16-,17+/m1/s1. The van der Waals surface area contributed by atoms with Crippen LogP contribution in [-0.2, 0) is 19.1 Å². The van der Waals surface area contributed by atoms with E-state index in [0.717, 1.165) is 12.8 Å². The van der Waals surface area contributed by atoms with Crippen LogP contribution in [0.5, 0.6) is 0 Å². The van der Waals surface area contributed by atoms with E-state index in [1.54, 1.807) is 20.8 Å². The summed E-state index contributed by atoms with van der Waals surface area (Å²) in [5.74, 6) is -0.374. The fourth-order valence-corrected chi connectivity index (χ4v) is 3.81. The Labute approximate surface area is 177 Å². The van der Waals surface area contributed by atoms with Gasteiger partial charge in [-0.15, -0.1) is 0 Å². The number of carbonyl (C=O) groups excluding carboxylic acids is 3. The molecule has 0 bridgehead atoms. The molecule has 0 unspecified atom stereocenters. The quantitative estimate of drug-likeness (QED) is 0.535. The first kappa shape index (κ1) is 22.6. The van der Waals surface area contributed by atoms with Gasteiger partial charge in [-0.3, -0.25) is 9.59 Å². The second-order valence-corrected chi connectivity index (χ2v) is 9.23. The number of alkyl carbamates (subject to hydrolysis) is 1. The molecule has 2 aliphatic heterocycles. The Balaban J connectivity index is 1.75. The van der Waals surface area contributed by atoms with Crippen molar-refractivity contribution >= 4 is 17.9 Å². The number of ether oxygens (including phenoxy) is 2. The zero-order valence-corrected chi connectivity index (χ0v) is 17.9. The minimum Gasteiger partial charge on any atom is -0.444 e. The van der Waals surface area contributed by atoms with Gasteiger partial charge in [0, 0.05) is 32.0 Å². The average Bonchev–Trinajstić information content (AvgIpc) is 3.24. The van der Waals surface area contributed by atoms with Crippen molar-refractivity contribution in [2.75, 3.05) is 19.8 Å². The van der Waals surface area contributed by atoms with Crippen LogP contribution >= 0.6 is 0 Å². The molecule has 2 fully saturated rings. The number of nitrogens with zero attached hydrogens (tertiary/aromatic N) is 1. The summed E-state index contributed by atoms with van der Waals surface area (Å²) in [6.45, 7) is 6.06. The molecule has 1 saturated heterocycles. The van der Waals surface area contributed by atoms with E-state index in [0.29, 0.717) is 12.5 Å². The molecule has 168 valence electrons. The Morgan fingerprint density at radius 2 is 2.07 bits per heavy atom. The number of amides is 3. The van der Waals surface area contributed by atoms with Crippen LogP contribution in [0.4, 0.5) is 4.79 Å². The summed E-state index contributed by atoms with van der Waals surface area (Å²) in [5, 5.41) is 15.7. The van der Waals surface area contributed by atoms with Gasteiger partial charge in [-0.25, -0.2) is 4.79 Å². The molecule has 0 aromatic carbocycles. The highest BCUT2D eigenvalue weighted by Gasteiger charge is 2.44. The van der Waals surface area contributed by atoms with Gasteiger partial charge in [0.1, 0.15) is 17.7 Å². The van der Waals surface area contributed by atoms with Crippen molar-refractivity contribution in [3.8, 4) is 0 Å². The predicted octanol–water partition coefficient (Wildman–Crippen LogP) is 0.713. The van der Waals surface area contributed by atoms with Crippen molar-refractivity contribution in [2.45, 2.75) is 76.3 Å². The van der Waals surface area contributed by atoms with E-state index >= 15 is 0 Å². The molecule has 2 heterocycles. The monoisotopic (exact) mass is 423 g/mol. The molecule has 3 rings (SSSR count). The first-order valence-corrected chi connectivity index (χ1v) is 10.7. The van der Waals surface area contributed by atoms with Gasteiger partial charge in [0.25, 0.3) is 0 Å². The molecule has 3 N–H and O–H groups in total. The van der Waals surface area contributed by atoms with Gasteiger partial charge < -0.3 is 30.1 Å². The molecular formula is C21H33N3O6. The Hall–Kier alpha value is -2.13. The van der Waals surface area contributed by atoms with Gasteiger partial charge >= 0.3 is 6.09 Å². The number of aliphatic hydroxyl groups is 1. The molecule has 9 heteroatoms. The van der Waals surface area contributed by atoms with E-state index < -0.39 is 35.8 Å². The zero-order chi connectivity index (χ0) is 21.9. The molecule has 30 heavy (non-hydrogen) atoms. The Morgan fingerprint density at radius 3 is 2.80 bits per heavy atom. The maximum atomic E-state index is 13.2. The lowest BCUT2D eigenvalue weighted by molar-refractivity contribution is -0.140. The summed E-state index contributed by atoms with van der Waals surface area (Å²) in [5.41, 5.74) is -0.706. The molecule has 0 radical (unpaired) electrons. The van der Waals surface area contributed by atoms with Crippen molar-refractivity contribution < 1.29 is 29.0 Å². The SMILES string of the molecule is CC(C)(C)OC(=O)N[C@H]1CCOCC/C=C\[C@@H]2C[C@H]2NC(=O)[C@@H]2C[C@@H](O)CN2C1=O. The smallest absolute Gasteiger partial charge is 0.408 e. The number of rotatable bonds is 1. The van der Waals surface area contributed by atoms with E-state index in [2.05, 4.69) is 16.7 Å². The molecule has 0 spiro atoms. The number of aliphatic hydroxyl groups excluding tert-OH is 1. The van der Waals surface area contributed by atoms with Crippen molar-refractivity contribution in [2.24, 2.45) is 5.92 Å². The van der Waals surface area contributed by atoms with Crippen molar-refractivity contribution in [3.63, 3.8) is 0 Å². The minimum atomic E-state index is -0.908. The van der Waals surface area contributed by atoms with Crippen molar-refractivity contribution in [1.82, 2.24) is 15.5 Å². The molecule has 9 nitrogen and oxygen atoms in total. The molecule has 3 aliphatic rings. The van der Waals surface area contributed by atoms with Crippen molar-refractivity contribution in [3.05, 3.63) is 12.2 Å². The second kappa shape index (κ2) is 9.34. The summed E-state index contributed by atoms with van der Waals surface area (Å²) in [6, 6.07) is -1.60. The van der Waals surface area contributed by atoms with E-state index in [1.165, 1.54) is 4.90 Å². The van der Waals surface area contributed by atoms with Crippen LogP contribution in [0.2, 0.25) is 0 Å². The van der Waals surface area contributed by atoms with Crippen LogP contribution in [0.15, 0.2) is 12.2 Å². The van der Waals surface area contributed by atoms with Crippen molar-refractivity contribution in [1.29, 1.82) is 0 Å². The Bertz CT molecular complexity index is 689. The maximum absolute atomic E-state index is 13.2. The minimum absolute atomic E-state index is 0.0538. The van der Waals surface area contributed by atoms with Gasteiger partial charge in [0.15, 0.2) is 0 Å². The van der Waals surface area contributed by atoms with Crippen LogP contribution in [0.3, 0.4) is 0 Å². The molecule has 0 aromatic heterocycles. The summed E-state index contributed by atoms with van der Waals surface area (Å²) >= 11 is 0. The molecule has 3 amide bonds. The Morgan fingerprint density at radius 1 is 1.30 bits per heavy atom. The zero-order valence-electron chi connectivity index (χ0n) is 17.9. The van der Waals surface area contributed by atoms with Gasteiger partial charge in [-0.05, 0) is 39.5 Å². The highest BCUT2D eigenvalue weighted by atomic mass is 16.6. The van der Waals surface area contributed by atoms with Crippen LogP contribution in [-0.4, -0.2) is 77.5 Å². The summed E-state index contributed by atoms with van der Waals surface area (Å²) in [6.07, 6.45) is 4.69. The third kappa shape index (κ3) is 6.18. The van der Waals surface area contributed by atoms with E-state index in [1.807, 2.05) is 6.08 Å². The number of nitrogens with one attached hydrogen (secondary N) is 2. The third-order valence-corrected chi connectivity index (χ3v) is 5.38. The molecule has 0 aromatic rings. The fourth-order valence-electron chi connectivity index (χ4n) is 3.81. The maximum Gasteiger partial charge on any atom is 0.408 e. The average molecular weight is 424 g/mol. The molecule has 1 aliphatic carbocycles. The lowest BCUT2D eigenvalue weighted by Gasteiger charge is -2.29. The number of hydrogen-bond donors (Lipinski definition) is 3. The van der Waals surface area contributed by atoms with Gasteiger partial charge in [-0.2, -0.15) is 0 Å². The normalized spacial score (nSPS) is 34.0. The first-order chi connectivity index (χ1) is 14.1.